The fourth-order valence-corrected chi connectivity index (χ4v) is 1.10. The van der Waals surface area contributed by atoms with Crippen LogP contribution in [0.5, 0.6) is 0 Å². The van der Waals surface area contributed by atoms with E-state index in [4.69, 9.17) is 0 Å². The van der Waals surface area contributed by atoms with E-state index < -0.39 is 12.0 Å². The molecule has 1 unspecified atom stereocenters. The molecule has 0 bridgehead atoms. The van der Waals surface area contributed by atoms with E-state index in [9.17, 15) is 8.78 Å². The largest absolute Gasteiger partial charge is 0.375 e. The molecule has 60 valence electrons. The van der Waals surface area contributed by atoms with Crippen LogP contribution in [0.1, 0.15) is 6.42 Å². The Kier molecular flexibility index (Phi) is 2.21. The second kappa shape index (κ2) is 2.80. The Bertz CT molecular complexity index is 118. The highest BCUT2D eigenvalue weighted by atomic mass is 19.3. The Morgan fingerprint density at radius 3 is 2.70 bits per heavy atom. The van der Waals surface area contributed by atoms with E-state index in [-0.39, 0.29) is 6.54 Å². The van der Waals surface area contributed by atoms with Crippen LogP contribution in [0.15, 0.2) is 0 Å². The van der Waals surface area contributed by atoms with Crippen molar-refractivity contribution in [3.05, 3.63) is 0 Å². The van der Waals surface area contributed by atoms with Crippen LogP contribution in [-0.2, 0) is 4.74 Å². The highest BCUT2D eigenvalue weighted by Gasteiger charge is 2.41. The lowest BCUT2D eigenvalue weighted by molar-refractivity contribution is -0.135. The highest BCUT2D eigenvalue weighted by Crippen LogP contribution is 2.24. The number of alkyl halides is 2. The first-order valence-electron chi connectivity index (χ1n) is 3.28. The van der Waals surface area contributed by atoms with Gasteiger partial charge in [-0.3, -0.25) is 0 Å². The number of methoxy groups -OCH3 is 1. The van der Waals surface area contributed by atoms with Crippen molar-refractivity contribution < 1.29 is 13.5 Å². The number of nitrogens with one attached hydrogen (secondary N) is 1. The van der Waals surface area contributed by atoms with E-state index in [0.717, 1.165) is 0 Å². The average Bonchev–Trinajstić information content (AvgIpc) is 1.87. The number of rotatable bonds is 1. The van der Waals surface area contributed by atoms with Crippen LogP contribution in [0.3, 0.4) is 0 Å². The van der Waals surface area contributed by atoms with Crippen molar-refractivity contribution in [3.8, 4) is 0 Å². The molecule has 0 aromatic rings. The van der Waals surface area contributed by atoms with Gasteiger partial charge in [-0.15, -0.1) is 0 Å². The summed E-state index contributed by atoms with van der Waals surface area (Å²) in [6, 6.07) is 0. The summed E-state index contributed by atoms with van der Waals surface area (Å²) in [5.74, 6) is -2.69. The molecule has 1 N–H and O–H groups in total. The summed E-state index contributed by atoms with van der Waals surface area (Å²) in [7, 11) is 1.32. The standard InChI is InChI=1S/C6H11F2NO/c1-10-5-2-3-9-4-6(5,7)8/h5,9H,2-4H2,1H3. The van der Waals surface area contributed by atoms with Crippen LogP contribution in [-0.4, -0.2) is 32.2 Å². The minimum Gasteiger partial charge on any atom is -0.375 e. The molecule has 1 aliphatic rings. The van der Waals surface area contributed by atoms with Crippen molar-refractivity contribution in [2.45, 2.75) is 18.4 Å². The van der Waals surface area contributed by atoms with Crippen molar-refractivity contribution in [1.82, 2.24) is 5.32 Å². The molecule has 0 spiro atoms. The first-order valence-corrected chi connectivity index (χ1v) is 3.28. The van der Waals surface area contributed by atoms with Crippen LogP contribution in [0, 0.1) is 0 Å². The van der Waals surface area contributed by atoms with Crippen molar-refractivity contribution in [3.63, 3.8) is 0 Å². The molecule has 10 heavy (non-hydrogen) atoms. The minimum atomic E-state index is -2.69. The molecule has 0 saturated carbocycles. The van der Waals surface area contributed by atoms with Crippen molar-refractivity contribution in [2.75, 3.05) is 20.2 Å². The quantitative estimate of drug-likeness (QED) is 0.593. The number of halogens is 2. The van der Waals surface area contributed by atoms with Crippen LogP contribution in [0.4, 0.5) is 8.78 Å². The molecule has 0 aromatic heterocycles. The zero-order valence-corrected chi connectivity index (χ0v) is 5.86. The zero-order chi connectivity index (χ0) is 7.61. The molecule has 1 atom stereocenters. The van der Waals surface area contributed by atoms with Gasteiger partial charge in [-0.05, 0) is 13.0 Å². The number of ether oxygens (including phenoxy) is 1. The first kappa shape index (κ1) is 7.88. The summed E-state index contributed by atoms with van der Waals surface area (Å²) in [6.45, 7) is 0.361. The average molecular weight is 151 g/mol. The molecule has 1 fully saturated rings. The Hall–Kier alpha value is -0.220. The van der Waals surface area contributed by atoms with Crippen LogP contribution in [0.25, 0.3) is 0 Å². The van der Waals surface area contributed by atoms with Gasteiger partial charge in [-0.25, -0.2) is 8.78 Å². The topological polar surface area (TPSA) is 21.3 Å². The Labute approximate surface area is 58.6 Å². The zero-order valence-electron chi connectivity index (χ0n) is 5.86. The maximum absolute atomic E-state index is 12.7. The fraction of sp³-hybridized carbons (Fsp3) is 1.00. The third-order valence-electron chi connectivity index (χ3n) is 1.70. The van der Waals surface area contributed by atoms with E-state index in [0.29, 0.717) is 13.0 Å². The van der Waals surface area contributed by atoms with Gasteiger partial charge < -0.3 is 10.1 Å². The van der Waals surface area contributed by atoms with Crippen LogP contribution in [0.2, 0.25) is 0 Å². The van der Waals surface area contributed by atoms with Gasteiger partial charge in [0.1, 0.15) is 6.10 Å². The Morgan fingerprint density at radius 1 is 1.60 bits per heavy atom. The third-order valence-corrected chi connectivity index (χ3v) is 1.70. The second-order valence-corrected chi connectivity index (χ2v) is 2.45. The molecule has 4 heteroatoms. The SMILES string of the molecule is COC1CCNCC1(F)F. The molecule has 0 radical (unpaired) electrons. The number of piperidine rings is 1. The van der Waals surface area contributed by atoms with Gasteiger partial charge in [-0.2, -0.15) is 0 Å². The molecule has 1 saturated heterocycles. The van der Waals surface area contributed by atoms with Crippen LogP contribution >= 0.6 is 0 Å². The van der Waals surface area contributed by atoms with Crippen molar-refractivity contribution in [1.29, 1.82) is 0 Å². The molecule has 2 nitrogen and oxygen atoms in total. The lowest BCUT2D eigenvalue weighted by Gasteiger charge is -2.30. The van der Waals surface area contributed by atoms with Gasteiger partial charge >= 0.3 is 0 Å². The molecule has 1 heterocycles. The first-order chi connectivity index (χ1) is 4.67. The maximum atomic E-state index is 12.7. The van der Waals surface area contributed by atoms with Gasteiger partial charge in [-0.1, -0.05) is 0 Å². The normalized spacial score (nSPS) is 32.1. The molecular formula is C6H11F2NO. The van der Waals surface area contributed by atoms with E-state index >= 15 is 0 Å². The van der Waals surface area contributed by atoms with Gasteiger partial charge in [0.2, 0.25) is 0 Å². The lowest BCUT2D eigenvalue weighted by atomic mass is 10.1. The fourth-order valence-electron chi connectivity index (χ4n) is 1.10. The van der Waals surface area contributed by atoms with Gasteiger partial charge in [0.15, 0.2) is 0 Å². The third kappa shape index (κ3) is 1.44. The summed E-state index contributed by atoms with van der Waals surface area (Å²) >= 11 is 0. The molecular weight excluding hydrogens is 140 g/mol. The lowest BCUT2D eigenvalue weighted by Crippen LogP contribution is -2.50. The maximum Gasteiger partial charge on any atom is 0.285 e. The smallest absolute Gasteiger partial charge is 0.285 e. The predicted molar refractivity (Wildman–Crippen MR) is 33.2 cm³/mol. The van der Waals surface area contributed by atoms with Crippen molar-refractivity contribution >= 4 is 0 Å². The molecule has 0 amide bonds. The molecule has 0 aliphatic carbocycles. The van der Waals surface area contributed by atoms with Crippen LogP contribution < -0.4 is 5.32 Å². The molecule has 1 rings (SSSR count). The summed E-state index contributed by atoms with van der Waals surface area (Å²) in [5.41, 5.74) is 0. The monoisotopic (exact) mass is 151 g/mol. The molecule has 1 aliphatic heterocycles. The predicted octanol–water partition coefficient (Wildman–Crippen LogP) is 0.630. The number of hydrogen-bond acceptors (Lipinski definition) is 2. The van der Waals surface area contributed by atoms with Gasteiger partial charge in [0, 0.05) is 7.11 Å². The molecule has 0 aromatic carbocycles. The van der Waals surface area contributed by atoms with Gasteiger partial charge in [0.05, 0.1) is 6.54 Å². The van der Waals surface area contributed by atoms with E-state index in [2.05, 4.69) is 10.1 Å². The van der Waals surface area contributed by atoms with Crippen molar-refractivity contribution in [2.24, 2.45) is 0 Å². The number of hydrogen-bond donors (Lipinski definition) is 1. The Morgan fingerprint density at radius 2 is 2.30 bits per heavy atom. The Balaban J connectivity index is 2.51. The summed E-state index contributed by atoms with van der Waals surface area (Å²) in [6.07, 6.45) is -0.502. The van der Waals surface area contributed by atoms with E-state index in [1.165, 1.54) is 7.11 Å². The summed E-state index contributed by atoms with van der Waals surface area (Å²) in [5, 5.41) is 2.61. The second-order valence-electron chi connectivity index (χ2n) is 2.45. The summed E-state index contributed by atoms with van der Waals surface area (Å²) in [4.78, 5) is 0. The van der Waals surface area contributed by atoms with E-state index in [1.54, 1.807) is 0 Å². The van der Waals surface area contributed by atoms with E-state index in [1.807, 2.05) is 0 Å². The summed E-state index contributed by atoms with van der Waals surface area (Å²) < 4.78 is 30.0. The minimum absolute atomic E-state index is 0.258. The highest BCUT2D eigenvalue weighted by molar-refractivity contribution is 4.84. The van der Waals surface area contributed by atoms with Gasteiger partial charge in [0.25, 0.3) is 5.92 Å².